The molecule has 2 heterocycles. The number of nitrogens with zero attached hydrogens (tertiary/aromatic N) is 1. The van der Waals surface area contributed by atoms with Crippen LogP contribution in [0.1, 0.15) is 33.1 Å². The first-order valence-corrected chi connectivity index (χ1v) is 9.54. The zero-order valence-electron chi connectivity index (χ0n) is 16.9. The summed E-state index contributed by atoms with van der Waals surface area (Å²) in [5, 5.41) is 0. The number of carbonyl (C=O) groups is 1. The number of benzene rings is 2. The molecule has 5 rings (SSSR count). The third kappa shape index (κ3) is 2.22. The number of carbonyl (C=O) groups excluding carboxylic acids is 1. The molecule has 0 saturated heterocycles. The molecule has 0 fully saturated rings. The van der Waals surface area contributed by atoms with Crippen molar-refractivity contribution in [1.29, 1.82) is 0 Å². The van der Waals surface area contributed by atoms with Crippen molar-refractivity contribution >= 4 is 5.78 Å². The normalized spacial score (nSPS) is 24.6. The molecule has 0 spiro atoms. The maximum atomic E-state index is 13.9. The van der Waals surface area contributed by atoms with E-state index < -0.39 is 5.60 Å². The second kappa shape index (κ2) is 6.37. The van der Waals surface area contributed by atoms with Gasteiger partial charge >= 0.3 is 0 Å². The maximum Gasteiger partial charge on any atom is 0.231 e. The van der Waals surface area contributed by atoms with Crippen LogP contribution >= 0.6 is 0 Å². The number of methoxy groups -OCH3 is 3. The number of ketones is 1. The van der Waals surface area contributed by atoms with Gasteiger partial charge in [0.2, 0.25) is 12.6 Å². The van der Waals surface area contributed by atoms with Gasteiger partial charge in [-0.05, 0) is 43.3 Å². The molecule has 0 saturated carbocycles. The van der Waals surface area contributed by atoms with Gasteiger partial charge in [-0.25, -0.2) is 0 Å². The van der Waals surface area contributed by atoms with Crippen LogP contribution in [0.5, 0.6) is 23.0 Å². The fourth-order valence-electron chi connectivity index (χ4n) is 5.02. The van der Waals surface area contributed by atoms with Gasteiger partial charge in [-0.15, -0.1) is 0 Å². The molecule has 1 aliphatic carbocycles. The minimum absolute atomic E-state index is 0.0881. The summed E-state index contributed by atoms with van der Waals surface area (Å²) in [4.78, 5) is 16.0. The molecule has 152 valence electrons. The number of hydrogen-bond donors (Lipinski definition) is 0. The Morgan fingerprint density at radius 2 is 1.86 bits per heavy atom. The Balaban J connectivity index is 1.82. The van der Waals surface area contributed by atoms with Gasteiger partial charge < -0.3 is 23.7 Å². The van der Waals surface area contributed by atoms with Crippen LogP contribution < -0.4 is 18.9 Å². The van der Waals surface area contributed by atoms with Crippen molar-refractivity contribution in [3.63, 3.8) is 0 Å². The average molecular weight is 397 g/mol. The minimum atomic E-state index is -1.20. The lowest BCUT2D eigenvalue weighted by atomic mass is 9.82. The molecule has 0 N–H and O–H groups in total. The Bertz CT molecular complexity index is 1020. The van der Waals surface area contributed by atoms with Crippen molar-refractivity contribution in [1.82, 2.24) is 4.90 Å². The van der Waals surface area contributed by atoms with E-state index in [1.807, 2.05) is 19.2 Å². The molecule has 0 radical (unpaired) electrons. The third-order valence-corrected chi connectivity index (χ3v) is 6.32. The second-order valence-corrected chi connectivity index (χ2v) is 7.53. The Labute approximate surface area is 169 Å². The molecule has 7 nitrogen and oxygen atoms in total. The molecule has 0 aromatic heterocycles. The molecular weight excluding hydrogens is 374 g/mol. The van der Waals surface area contributed by atoms with Crippen LogP contribution in [0.4, 0.5) is 0 Å². The van der Waals surface area contributed by atoms with E-state index in [1.54, 1.807) is 33.5 Å². The van der Waals surface area contributed by atoms with Gasteiger partial charge in [0.25, 0.3) is 0 Å². The molecule has 29 heavy (non-hydrogen) atoms. The first kappa shape index (κ1) is 18.3. The Morgan fingerprint density at radius 3 is 2.55 bits per heavy atom. The van der Waals surface area contributed by atoms with Gasteiger partial charge in [0.1, 0.15) is 0 Å². The minimum Gasteiger partial charge on any atom is -0.493 e. The summed E-state index contributed by atoms with van der Waals surface area (Å²) >= 11 is 0. The topological polar surface area (TPSA) is 66.5 Å². The highest BCUT2D eigenvalue weighted by atomic mass is 16.7. The predicted octanol–water partition coefficient (Wildman–Crippen LogP) is 2.70. The monoisotopic (exact) mass is 397 g/mol. The largest absolute Gasteiger partial charge is 0.493 e. The van der Waals surface area contributed by atoms with E-state index in [2.05, 4.69) is 4.90 Å². The lowest BCUT2D eigenvalue weighted by molar-refractivity contribution is -0.0453. The zero-order valence-corrected chi connectivity index (χ0v) is 16.9. The molecular formula is C22H23NO6. The standard InChI is InChI=1S/C22H23NO6/c1-23-8-7-12-9-16-17(29-11-28-16)10-14(12)22(27-4)20(23)18-13(21(22)24)5-6-15(25-2)19(18)26-3/h5-6,9-10,20H,7-8,11H2,1-4H3/t20-,22-/m0/s1. The summed E-state index contributed by atoms with van der Waals surface area (Å²) in [6, 6.07) is 7.09. The lowest BCUT2D eigenvalue weighted by Crippen LogP contribution is -2.44. The predicted molar refractivity (Wildman–Crippen MR) is 104 cm³/mol. The summed E-state index contributed by atoms with van der Waals surface area (Å²) in [7, 11) is 6.79. The van der Waals surface area contributed by atoms with Crippen molar-refractivity contribution in [2.75, 3.05) is 41.7 Å². The molecule has 7 heteroatoms. The smallest absolute Gasteiger partial charge is 0.231 e. The first-order chi connectivity index (χ1) is 14.1. The molecule has 2 aliphatic heterocycles. The number of Topliss-reactive ketones (excluding diaryl/α,β-unsaturated/α-hetero) is 1. The Hall–Kier alpha value is -2.77. The van der Waals surface area contributed by atoms with Gasteiger partial charge in [0.05, 0.1) is 20.3 Å². The van der Waals surface area contributed by atoms with Gasteiger partial charge in [-0.2, -0.15) is 0 Å². The summed E-state index contributed by atoms with van der Waals surface area (Å²) in [5.74, 6) is 2.41. The molecule has 0 bridgehead atoms. The molecule has 0 unspecified atom stereocenters. The number of fused-ring (bicyclic) bond motifs is 6. The summed E-state index contributed by atoms with van der Waals surface area (Å²) in [6.07, 6.45) is 0.763. The van der Waals surface area contributed by atoms with Crippen molar-refractivity contribution in [3.05, 3.63) is 46.5 Å². The number of likely N-dealkylation sites (N-methyl/N-ethyl adjacent to an activating group) is 1. The highest BCUT2D eigenvalue weighted by Gasteiger charge is 2.60. The highest BCUT2D eigenvalue weighted by Crippen LogP contribution is 2.58. The first-order valence-electron chi connectivity index (χ1n) is 9.54. The molecule has 3 aliphatic rings. The summed E-state index contributed by atoms with van der Waals surface area (Å²) < 4.78 is 28.5. The second-order valence-electron chi connectivity index (χ2n) is 7.53. The van der Waals surface area contributed by atoms with Crippen LogP contribution in [0, 0.1) is 0 Å². The fraction of sp³-hybridized carbons (Fsp3) is 0.409. The SMILES string of the molecule is COc1ccc2c(c1OC)[C@@H]1N(C)CCc3cc4c(cc3[C@@]1(OC)C2=O)OCO4. The third-order valence-electron chi connectivity index (χ3n) is 6.32. The zero-order chi connectivity index (χ0) is 20.3. The summed E-state index contributed by atoms with van der Waals surface area (Å²) in [6.45, 7) is 0.927. The van der Waals surface area contributed by atoms with Crippen LogP contribution in [0.15, 0.2) is 24.3 Å². The van der Waals surface area contributed by atoms with Gasteiger partial charge in [0.15, 0.2) is 28.6 Å². The van der Waals surface area contributed by atoms with E-state index in [0.717, 1.165) is 29.7 Å². The van der Waals surface area contributed by atoms with E-state index in [0.29, 0.717) is 28.6 Å². The number of hydrogen-bond acceptors (Lipinski definition) is 7. The maximum absolute atomic E-state index is 13.9. The number of rotatable bonds is 3. The van der Waals surface area contributed by atoms with Gasteiger partial charge in [0, 0.05) is 30.3 Å². The fourth-order valence-corrected chi connectivity index (χ4v) is 5.02. The van der Waals surface area contributed by atoms with E-state index in [-0.39, 0.29) is 18.6 Å². The summed E-state index contributed by atoms with van der Waals surface area (Å²) in [5.41, 5.74) is 2.03. The van der Waals surface area contributed by atoms with Crippen LogP contribution in [-0.4, -0.2) is 52.4 Å². The lowest BCUT2D eigenvalue weighted by Gasteiger charge is -2.37. The van der Waals surface area contributed by atoms with Crippen molar-refractivity contribution in [2.45, 2.75) is 18.1 Å². The van der Waals surface area contributed by atoms with Crippen LogP contribution in [0.2, 0.25) is 0 Å². The van der Waals surface area contributed by atoms with Gasteiger partial charge in [-0.3, -0.25) is 9.69 Å². The molecule has 2 aromatic rings. The highest BCUT2D eigenvalue weighted by molar-refractivity contribution is 6.09. The average Bonchev–Trinajstić information content (AvgIpc) is 3.27. The van der Waals surface area contributed by atoms with Crippen LogP contribution in [-0.2, 0) is 16.8 Å². The van der Waals surface area contributed by atoms with E-state index in [1.165, 1.54) is 0 Å². The van der Waals surface area contributed by atoms with E-state index in [4.69, 9.17) is 23.7 Å². The Morgan fingerprint density at radius 1 is 1.10 bits per heavy atom. The molecule has 2 aromatic carbocycles. The van der Waals surface area contributed by atoms with E-state index in [9.17, 15) is 4.79 Å². The van der Waals surface area contributed by atoms with Crippen molar-refractivity contribution < 1.29 is 28.5 Å². The van der Waals surface area contributed by atoms with Crippen LogP contribution in [0.25, 0.3) is 0 Å². The molecule has 0 amide bonds. The molecule has 2 atom stereocenters. The number of ether oxygens (including phenoxy) is 5. The van der Waals surface area contributed by atoms with E-state index >= 15 is 0 Å². The van der Waals surface area contributed by atoms with Crippen LogP contribution in [0.3, 0.4) is 0 Å². The van der Waals surface area contributed by atoms with Crippen molar-refractivity contribution in [2.24, 2.45) is 0 Å². The quantitative estimate of drug-likeness (QED) is 0.789. The van der Waals surface area contributed by atoms with Crippen molar-refractivity contribution in [3.8, 4) is 23.0 Å². The Kier molecular flexibility index (Phi) is 4.01. The van der Waals surface area contributed by atoms with Gasteiger partial charge in [-0.1, -0.05) is 0 Å².